The van der Waals surface area contributed by atoms with Gasteiger partial charge in [0.2, 0.25) is 0 Å². The Morgan fingerprint density at radius 1 is 1.00 bits per heavy atom. The molecule has 1 aliphatic carbocycles. The molecule has 0 aromatic heterocycles. The highest BCUT2D eigenvalue weighted by atomic mass is 79.9. The highest BCUT2D eigenvalue weighted by Gasteiger charge is 2.31. The van der Waals surface area contributed by atoms with Gasteiger partial charge in [-0.2, -0.15) is 0 Å². The molecule has 1 aliphatic rings. The average molecular weight is 309 g/mol. The third-order valence-corrected chi connectivity index (χ3v) is 4.30. The molecule has 0 N–H and O–H groups in total. The number of hydrogen-bond donors (Lipinski definition) is 0. The molecule has 0 bridgehead atoms. The van der Waals surface area contributed by atoms with Crippen LogP contribution in [-0.2, 0) is 14.2 Å². The van der Waals surface area contributed by atoms with Crippen LogP contribution in [0, 0.1) is 0 Å². The van der Waals surface area contributed by atoms with Gasteiger partial charge in [-0.15, -0.1) is 0 Å². The molecule has 4 heteroatoms. The lowest BCUT2D eigenvalue weighted by Gasteiger charge is -2.35. The van der Waals surface area contributed by atoms with Gasteiger partial charge < -0.3 is 14.2 Å². The Kier molecular flexibility index (Phi) is 8.44. The van der Waals surface area contributed by atoms with E-state index in [0.717, 1.165) is 25.0 Å². The quantitative estimate of drug-likeness (QED) is 0.484. The minimum absolute atomic E-state index is 0.0775. The van der Waals surface area contributed by atoms with Crippen LogP contribution in [0.1, 0.15) is 38.5 Å². The van der Waals surface area contributed by atoms with Gasteiger partial charge in [0.15, 0.2) is 0 Å². The molecule has 0 atom stereocenters. The molecule has 0 amide bonds. The zero-order valence-corrected chi connectivity index (χ0v) is 12.5. The lowest BCUT2D eigenvalue weighted by atomic mass is 9.86. The van der Waals surface area contributed by atoms with Crippen LogP contribution >= 0.6 is 15.9 Å². The van der Waals surface area contributed by atoms with E-state index in [2.05, 4.69) is 15.9 Å². The molecule has 1 rings (SSSR count). The fraction of sp³-hybridized carbons (Fsp3) is 1.00. The summed E-state index contributed by atoms with van der Waals surface area (Å²) in [5.74, 6) is 0. The second-order valence-electron chi connectivity index (χ2n) is 4.68. The number of hydrogen-bond acceptors (Lipinski definition) is 3. The molecule has 0 unspecified atom stereocenters. The standard InChI is InChI=1S/C13H25BrO3/c1-15-8-5-9-16-10-11-17-13(12-14)6-3-2-4-7-13/h2-12H2,1H3. The summed E-state index contributed by atoms with van der Waals surface area (Å²) >= 11 is 3.59. The van der Waals surface area contributed by atoms with E-state index in [-0.39, 0.29) is 5.60 Å². The Morgan fingerprint density at radius 3 is 2.41 bits per heavy atom. The number of ether oxygens (including phenoxy) is 3. The van der Waals surface area contributed by atoms with Crippen molar-refractivity contribution in [3.05, 3.63) is 0 Å². The largest absolute Gasteiger partial charge is 0.385 e. The molecule has 0 aromatic rings. The Balaban J connectivity index is 2.03. The molecule has 17 heavy (non-hydrogen) atoms. The summed E-state index contributed by atoms with van der Waals surface area (Å²) in [4.78, 5) is 0. The van der Waals surface area contributed by atoms with Crippen molar-refractivity contribution in [2.45, 2.75) is 44.1 Å². The molecule has 0 spiro atoms. The molecular weight excluding hydrogens is 284 g/mol. The van der Waals surface area contributed by atoms with Gasteiger partial charge in [0.1, 0.15) is 0 Å². The molecular formula is C13H25BrO3. The van der Waals surface area contributed by atoms with E-state index in [1.165, 1.54) is 32.1 Å². The maximum atomic E-state index is 6.02. The van der Waals surface area contributed by atoms with Gasteiger partial charge in [-0.05, 0) is 19.3 Å². The van der Waals surface area contributed by atoms with Gasteiger partial charge in [0.05, 0.1) is 18.8 Å². The van der Waals surface area contributed by atoms with Crippen LogP contribution in [0.15, 0.2) is 0 Å². The van der Waals surface area contributed by atoms with Crippen LogP contribution in [0.25, 0.3) is 0 Å². The number of rotatable bonds is 9. The van der Waals surface area contributed by atoms with E-state index in [1.807, 2.05) is 0 Å². The third kappa shape index (κ3) is 6.18. The third-order valence-electron chi connectivity index (χ3n) is 3.28. The lowest BCUT2D eigenvalue weighted by molar-refractivity contribution is -0.0728. The first-order valence-corrected chi connectivity index (χ1v) is 7.72. The molecule has 3 nitrogen and oxygen atoms in total. The Labute approximate surface area is 113 Å². The molecule has 0 aromatic carbocycles. The number of methoxy groups -OCH3 is 1. The second kappa shape index (κ2) is 9.31. The van der Waals surface area contributed by atoms with Crippen LogP contribution in [0.5, 0.6) is 0 Å². The average Bonchev–Trinajstić information content (AvgIpc) is 2.39. The summed E-state index contributed by atoms with van der Waals surface area (Å²) in [7, 11) is 1.71. The van der Waals surface area contributed by atoms with E-state index in [1.54, 1.807) is 7.11 Å². The van der Waals surface area contributed by atoms with Crippen LogP contribution < -0.4 is 0 Å². The van der Waals surface area contributed by atoms with Crippen LogP contribution in [-0.4, -0.2) is 44.5 Å². The van der Waals surface area contributed by atoms with Gasteiger partial charge in [-0.1, -0.05) is 35.2 Å². The maximum Gasteiger partial charge on any atom is 0.0780 e. The van der Waals surface area contributed by atoms with E-state index < -0.39 is 0 Å². The fourth-order valence-corrected chi connectivity index (χ4v) is 2.96. The lowest BCUT2D eigenvalue weighted by Crippen LogP contribution is -2.37. The van der Waals surface area contributed by atoms with Crippen LogP contribution in [0.2, 0.25) is 0 Å². The summed E-state index contributed by atoms with van der Waals surface area (Å²) in [5, 5.41) is 0.948. The highest BCUT2D eigenvalue weighted by Crippen LogP contribution is 2.33. The first-order valence-electron chi connectivity index (χ1n) is 6.59. The first-order chi connectivity index (χ1) is 8.33. The molecule has 1 fully saturated rings. The van der Waals surface area contributed by atoms with Crippen LogP contribution in [0.4, 0.5) is 0 Å². The predicted octanol–water partition coefficient (Wildman–Crippen LogP) is 3.15. The van der Waals surface area contributed by atoms with Crippen LogP contribution in [0.3, 0.4) is 0 Å². The van der Waals surface area contributed by atoms with Crippen molar-refractivity contribution in [1.29, 1.82) is 0 Å². The topological polar surface area (TPSA) is 27.7 Å². The predicted molar refractivity (Wildman–Crippen MR) is 72.9 cm³/mol. The fourth-order valence-electron chi connectivity index (χ4n) is 2.24. The normalized spacial score (nSPS) is 19.4. The highest BCUT2D eigenvalue weighted by molar-refractivity contribution is 9.09. The van der Waals surface area contributed by atoms with Gasteiger partial charge in [0, 0.05) is 25.7 Å². The van der Waals surface area contributed by atoms with Crippen molar-refractivity contribution in [3.63, 3.8) is 0 Å². The molecule has 0 aliphatic heterocycles. The van der Waals surface area contributed by atoms with E-state index >= 15 is 0 Å². The van der Waals surface area contributed by atoms with Gasteiger partial charge >= 0.3 is 0 Å². The maximum absolute atomic E-state index is 6.02. The van der Waals surface area contributed by atoms with E-state index in [4.69, 9.17) is 14.2 Å². The summed E-state index contributed by atoms with van der Waals surface area (Å²) < 4.78 is 16.5. The second-order valence-corrected chi connectivity index (χ2v) is 5.25. The monoisotopic (exact) mass is 308 g/mol. The summed E-state index contributed by atoms with van der Waals surface area (Å²) in [6.45, 7) is 2.93. The zero-order valence-electron chi connectivity index (χ0n) is 10.9. The molecule has 102 valence electrons. The SMILES string of the molecule is COCCCOCCOC1(CBr)CCCCC1. The van der Waals surface area contributed by atoms with Crippen molar-refractivity contribution in [2.75, 3.05) is 38.9 Å². The smallest absolute Gasteiger partial charge is 0.0780 e. The first kappa shape index (κ1) is 15.4. The Hall–Kier alpha value is 0.360. The van der Waals surface area contributed by atoms with Gasteiger partial charge in [-0.3, -0.25) is 0 Å². The molecule has 1 saturated carbocycles. The minimum atomic E-state index is 0.0775. The van der Waals surface area contributed by atoms with Crippen molar-refractivity contribution in [2.24, 2.45) is 0 Å². The zero-order chi connectivity index (χ0) is 12.4. The summed E-state index contributed by atoms with van der Waals surface area (Å²) in [6.07, 6.45) is 7.26. The van der Waals surface area contributed by atoms with E-state index in [9.17, 15) is 0 Å². The number of alkyl halides is 1. The van der Waals surface area contributed by atoms with Gasteiger partial charge in [0.25, 0.3) is 0 Å². The Bertz CT molecular complexity index is 182. The molecule has 0 heterocycles. The molecule has 0 radical (unpaired) electrons. The summed E-state index contributed by atoms with van der Waals surface area (Å²) in [6, 6.07) is 0. The summed E-state index contributed by atoms with van der Waals surface area (Å²) in [5.41, 5.74) is 0.0775. The van der Waals surface area contributed by atoms with Crippen molar-refractivity contribution in [3.8, 4) is 0 Å². The van der Waals surface area contributed by atoms with Crippen molar-refractivity contribution < 1.29 is 14.2 Å². The van der Waals surface area contributed by atoms with E-state index in [0.29, 0.717) is 13.2 Å². The van der Waals surface area contributed by atoms with Crippen molar-refractivity contribution in [1.82, 2.24) is 0 Å². The molecule has 0 saturated heterocycles. The van der Waals surface area contributed by atoms with Crippen molar-refractivity contribution >= 4 is 15.9 Å². The minimum Gasteiger partial charge on any atom is -0.385 e. The number of halogens is 1. The Morgan fingerprint density at radius 2 is 1.76 bits per heavy atom. The van der Waals surface area contributed by atoms with Gasteiger partial charge in [-0.25, -0.2) is 0 Å².